The number of carbonyl (C=O) groups excluding carboxylic acids is 1. The molecule has 1 amide bonds. The van der Waals surface area contributed by atoms with Crippen molar-refractivity contribution >= 4 is 17.4 Å². The molecule has 1 N–H and O–H groups in total. The summed E-state index contributed by atoms with van der Waals surface area (Å²) in [6, 6.07) is 10.4. The van der Waals surface area contributed by atoms with Gasteiger partial charge in [-0.3, -0.25) is 4.79 Å². The molecule has 0 radical (unpaired) electrons. The Morgan fingerprint density at radius 1 is 1.15 bits per heavy atom. The van der Waals surface area contributed by atoms with Crippen LogP contribution in [-0.4, -0.2) is 55.3 Å². The van der Waals surface area contributed by atoms with E-state index in [1.54, 1.807) is 6.33 Å². The second kappa shape index (κ2) is 8.35. The molecule has 2 aromatic rings. The summed E-state index contributed by atoms with van der Waals surface area (Å²) in [5.41, 5.74) is 3.46. The molecule has 0 spiro atoms. The van der Waals surface area contributed by atoms with Crippen molar-refractivity contribution in [2.75, 3.05) is 49.2 Å². The van der Waals surface area contributed by atoms with E-state index in [-0.39, 0.29) is 5.91 Å². The Morgan fingerprint density at radius 3 is 2.89 bits per heavy atom. The monoisotopic (exact) mass is 367 g/mol. The molecule has 2 aliphatic heterocycles. The largest absolute Gasteiger partial charge is 0.378 e. The molecule has 0 aliphatic carbocycles. The molecule has 0 bridgehead atoms. The van der Waals surface area contributed by atoms with E-state index in [1.165, 1.54) is 11.3 Å². The highest BCUT2D eigenvalue weighted by molar-refractivity contribution is 5.76. The minimum atomic E-state index is 0.0471. The lowest BCUT2D eigenvalue weighted by Crippen LogP contribution is -2.37. The van der Waals surface area contributed by atoms with Gasteiger partial charge >= 0.3 is 0 Å². The summed E-state index contributed by atoms with van der Waals surface area (Å²) in [4.78, 5) is 25.4. The van der Waals surface area contributed by atoms with Crippen LogP contribution in [0.1, 0.15) is 17.7 Å². The van der Waals surface area contributed by atoms with Crippen LogP contribution in [0.5, 0.6) is 0 Å². The summed E-state index contributed by atoms with van der Waals surface area (Å²) in [5.74, 6) is 0.942. The summed E-state index contributed by atoms with van der Waals surface area (Å²) >= 11 is 0. The number of benzene rings is 1. The Bertz CT molecular complexity index is 791. The molecule has 0 unspecified atom stereocenters. The summed E-state index contributed by atoms with van der Waals surface area (Å²) in [7, 11) is 0. The molecule has 2 aliphatic rings. The lowest BCUT2D eigenvalue weighted by Gasteiger charge is -2.27. The Kier molecular flexibility index (Phi) is 5.48. The van der Waals surface area contributed by atoms with E-state index in [1.807, 2.05) is 6.07 Å². The summed E-state index contributed by atoms with van der Waals surface area (Å²) in [6.45, 7) is 5.26. The average molecular weight is 367 g/mol. The SMILES string of the molecule is O=C(CCN1CCc2ccccc21)NCc1cc(N2CCOCC2)ncn1. The molecule has 142 valence electrons. The van der Waals surface area contributed by atoms with Crippen LogP contribution in [0.25, 0.3) is 0 Å². The van der Waals surface area contributed by atoms with E-state index < -0.39 is 0 Å². The molecular weight excluding hydrogens is 342 g/mol. The normalized spacial score (nSPS) is 16.3. The van der Waals surface area contributed by atoms with Crippen LogP contribution in [0.15, 0.2) is 36.7 Å². The molecule has 1 saturated heterocycles. The number of rotatable bonds is 6. The van der Waals surface area contributed by atoms with Crippen molar-refractivity contribution in [2.45, 2.75) is 19.4 Å². The van der Waals surface area contributed by atoms with E-state index in [9.17, 15) is 4.79 Å². The maximum Gasteiger partial charge on any atom is 0.222 e. The van der Waals surface area contributed by atoms with Crippen molar-refractivity contribution in [1.82, 2.24) is 15.3 Å². The van der Waals surface area contributed by atoms with E-state index in [2.05, 4.69) is 49.4 Å². The van der Waals surface area contributed by atoms with Gasteiger partial charge in [-0.2, -0.15) is 0 Å². The van der Waals surface area contributed by atoms with E-state index in [4.69, 9.17) is 4.74 Å². The van der Waals surface area contributed by atoms with Gasteiger partial charge in [0.1, 0.15) is 12.1 Å². The van der Waals surface area contributed by atoms with Crippen molar-refractivity contribution in [2.24, 2.45) is 0 Å². The Balaban J connectivity index is 1.26. The van der Waals surface area contributed by atoms with E-state index >= 15 is 0 Å². The van der Waals surface area contributed by atoms with Gasteiger partial charge in [0.2, 0.25) is 5.91 Å². The predicted octanol–water partition coefficient (Wildman–Crippen LogP) is 1.38. The first-order valence-corrected chi connectivity index (χ1v) is 9.53. The maximum atomic E-state index is 12.3. The number of aromatic nitrogens is 2. The first-order valence-electron chi connectivity index (χ1n) is 9.53. The molecule has 0 saturated carbocycles. The number of nitrogens with one attached hydrogen (secondary N) is 1. The van der Waals surface area contributed by atoms with Gasteiger partial charge in [-0.15, -0.1) is 0 Å². The number of fused-ring (bicyclic) bond motifs is 1. The molecule has 4 rings (SSSR count). The van der Waals surface area contributed by atoms with E-state index in [0.29, 0.717) is 13.0 Å². The Morgan fingerprint density at radius 2 is 2.00 bits per heavy atom. The summed E-state index contributed by atoms with van der Waals surface area (Å²) in [6.07, 6.45) is 3.10. The molecule has 3 heterocycles. The second-order valence-corrected chi connectivity index (χ2v) is 6.86. The number of anilines is 2. The summed E-state index contributed by atoms with van der Waals surface area (Å²) < 4.78 is 5.38. The van der Waals surface area contributed by atoms with Gasteiger partial charge in [-0.1, -0.05) is 18.2 Å². The maximum absolute atomic E-state index is 12.3. The fourth-order valence-corrected chi connectivity index (χ4v) is 3.60. The number of hydrogen-bond donors (Lipinski definition) is 1. The number of morpholine rings is 1. The van der Waals surface area contributed by atoms with Crippen molar-refractivity contribution < 1.29 is 9.53 Å². The fourth-order valence-electron chi connectivity index (χ4n) is 3.60. The van der Waals surface area contributed by atoms with Gasteiger partial charge in [-0.25, -0.2) is 9.97 Å². The molecule has 27 heavy (non-hydrogen) atoms. The van der Waals surface area contributed by atoms with Crippen LogP contribution in [-0.2, 0) is 22.5 Å². The Labute approximate surface area is 159 Å². The molecule has 1 aromatic heterocycles. The molecule has 0 atom stereocenters. The topological polar surface area (TPSA) is 70.6 Å². The lowest BCUT2D eigenvalue weighted by molar-refractivity contribution is -0.121. The van der Waals surface area contributed by atoms with Crippen LogP contribution >= 0.6 is 0 Å². The molecule has 1 fully saturated rings. The minimum absolute atomic E-state index is 0.0471. The molecular formula is C20H25N5O2. The van der Waals surface area contributed by atoms with Gasteiger partial charge in [0.25, 0.3) is 0 Å². The molecule has 7 nitrogen and oxygen atoms in total. The van der Waals surface area contributed by atoms with Gasteiger partial charge in [0.15, 0.2) is 0 Å². The van der Waals surface area contributed by atoms with Gasteiger partial charge in [0.05, 0.1) is 25.5 Å². The second-order valence-electron chi connectivity index (χ2n) is 6.86. The van der Waals surface area contributed by atoms with Crippen molar-refractivity contribution in [3.63, 3.8) is 0 Å². The highest BCUT2D eigenvalue weighted by atomic mass is 16.5. The van der Waals surface area contributed by atoms with Crippen LogP contribution in [0.2, 0.25) is 0 Å². The van der Waals surface area contributed by atoms with Crippen molar-refractivity contribution in [3.8, 4) is 0 Å². The highest BCUT2D eigenvalue weighted by Crippen LogP contribution is 2.27. The highest BCUT2D eigenvalue weighted by Gasteiger charge is 2.19. The third-order valence-electron chi connectivity index (χ3n) is 5.10. The van der Waals surface area contributed by atoms with Gasteiger partial charge in [-0.05, 0) is 18.1 Å². The fraction of sp³-hybridized carbons (Fsp3) is 0.450. The number of hydrogen-bond acceptors (Lipinski definition) is 6. The van der Waals surface area contributed by atoms with Gasteiger partial charge in [0, 0.05) is 44.4 Å². The van der Waals surface area contributed by atoms with Crippen molar-refractivity contribution in [3.05, 3.63) is 47.9 Å². The number of carbonyl (C=O) groups is 1. The molecule has 1 aromatic carbocycles. The van der Waals surface area contributed by atoms with E-state index in [0.717, 1.165) is 57.3 Å². The third-order valence-corrected chi connectivity index (χ3v) is 5.10. The van der Waals surface area contributed by atoms with Gasteiger partial charge < -0.3 is 19.9 Å². The zero-order valence-electron chi connectivity index (χ0n) is 15.4. The first-order chi connectivity index (χ1) is 13.3. The average Bonchev–Trinajstić information content (AvgIpc) is 3.15. The number of para-hydroxylation sites is 1. The first kappa shape index (κ1) is 17.7. The lowest BCUT2D eigenvalue weighted by atomic mass is 10.2. The predicted molar refractivity (Wildman–Crippen MR) is 104 cm³/mol. The zero-order valence-corrected chi connectivity index (χ0v) is 15.4. The van der Waals surface area contributed by atoms with Crippen molar-refractivity contribution in [1.29, 1.82) is 0 Å². The van der Waals surface area contributed by atoms with Crippen LogP contribution in [0.4, 0.5) is 11.5 Å². The number of amides is 1. The quantitative estimate of drug-likeness (QED) is 0.832. The smallest absolute Gasteiger partial charge is 0.222 e. The standard InChI is InChI=1S/C20H25N5O2/c26-20(6-8-24-7-5-16-3-1-2-4-18(16)24)21-14-17-13-19(23-15-22-17)25-9-11-27-12-10-25/h1-4,13,15H,5-12,14H2,(H,21,26). The Hall–Kier alpha value is -2.67. The zero-order chi connectivity index (χ0) is 18.5. The minimum Gasteiger partial charge on any atom is -0.378 e. The number of nitrogens with zero attached hydrogens (tertiary/aromatic N) is 4. The number of ether oxygens (including phenoxy) is 1. The molecule has 7 heteroatoms. The van der Waals surface area contributed by atoms with Crippen LogP contribution in [0, 0.1) is 0 Å². The van der Waals surface area contributed by atoms with Crippen LogP contribution < -0.4 is 15.1 Å². The van der Waals surface area contributed by atoms with Crippen LogP contribution in [0.3, 0.4) is 0 Å². The summed E-state index contributed by atoms with van der Waals surface area (Å²) in [5, 5.41) is 2.98. The third kappa shape index (κ3) is 4.36.